The zero-order valence-electron chi connectivity index (χ0n) is 9.39. The van der Waals surface area contributed by atoms with Gasteiger partial charge in [-0.1, -0.05) is 44.2 Å². The van der Waals surface area contributed by atoms with Crippen LogP contribution in [0.25, 0.3) is 0 Å². The number of thiophene rings is 1. The number of unbranched alkanes of at least 4 members (excludes halogenated alkanes) is 4. The largest absolute Gasteiger partial charge is 0.293 e. The molecule has 1 nitrogen and oxygen atoms in total. The summed E-state index contributed by atoms with van der Waals surface area (Å²) in [5.41, 5.74) is 0. The quantitative estimate of drug-likeness (QED) is 0.464. The number of carbonyl (C=O) groups excluding carboxylic acids is 1. The van der Waals surface area contributed by atoms with E-state index in [0.29, 0.717) is 10.8 Å². The first kappa shape index (κ1) is 14.2. The third kappa shape index (κ3) is 4.56. The molecule has 1 aromatic heterocycles. The first-order chi connectivity index (χ1) is 7.65. The molecule has 0 amide bonds. The second-order valence-corrected chi connectivity index (χ2v) is 6.33. The number of rotatable bonds is 7. The van der Waals surface area contributed by atoms with Gasteiger partial charge < -0.3 is 0 Å². The number of carbonyl (C=O) groups is 1. The van der Waals surface area contributed by atoms with Crippen molar-refractivity contribution in [1.29, 1.82) is 0 Å². The van der Waals surface area contributed by atoms with E-state index in [4.69, 9.17) is 11.6 Å². The zero-order valence-corrected chi connectivity index (χ0v) is 12.6. The molecule has 0 saturated heterocycles. The Hall–Kier alpha value is 0.140. The Morgan fingerprint density at radius 2 is 2.06 bits per heavy atom. The van der Waals surface area contributed by atoms with E-state index in [1.54, 1.807) is 0 Å². The molecule has 0 radical (unpaired) electrons. The summed E-state index contributed by atoms with van der Waals surface area (Å²) in [7, 11) is 0. The van der Waals surface area contributed by atoms with Crippen molar-refractivity contribution in [1.82, 2.24) is 0 Å². The third-order valence-electron chi connectivity index (χ3n) is 2.43. The molecule has 0 aliphatic rings. The lowest BCUT2D eigenvalue weighted by Gasteiger charge is -1.98. The molecule has 0 saturated carbocycles. The van der Waals surface area contributed by atoms with E-state index in [1.165, 1.54) is 30.6 Å². The SMILES string of the molecule is CCCCCCCC(=O)c1cc(Br)c(Cl)s1. The Morgan fingerprint density at radius 1 is 1.38 bits per heavy atom. The van der Waals surface area contributed by atoms with Gasteiger partial charge in [-0.15, -0.1) is 11.3 Å². The number of hydrogen-bond acceptors (Lipinski definition) is 2. The highest BCUT2D eigenvalue weighted by molar-refractivity contribution is 9.10. The summed E-state index contributed by atoms with van der Waals surface area (Å²) in [4.78, 5) is 12.5. The molecule has 0 aliphatic carbocycles. The minimum absolute atomic E-state index is 0.217. The Balaban J connectivity index is 2.30. The van der Waals surface area contributed by atoms with Crippen molar-refractivity contribution in [3.63, 3.8) is 0 Å². The lowest BCUT2D eigenvalue weighted by Crippen LogP contribution is -1.95. The summed E-state index contributed by atoms with van der Waals surface area (Å²) in [6, 6.07) is 1.82. The maximum Gasteiger partial charge on any atom is 0.172 e. The standard InChI is InChI=1S/C12H16BrClOS/c1-2-3-4-5-6-7-10(15)11-8-9(13)12(14)16-11/h8H,2-7H2,1H3. The van der Waals surface area contributed by atoms with E-state index < -0.39 is 0 Å². The number of halogens is 2. The average Bonchev–Trinajstić information content (AvgIpc) is 2.59. The van der Waals surface area contributed by atoms with E-state index in [9.17, 15) is 4.79 Å². The van der Waals surface area contributed by atoms with Crippen LogP contribution in [0.1, 0.15) is 55.1 Å². The van der Waals surface area contributed by atoms with Gasteiger partial charge in [0.2, 0.25) is 0 Å². The van der Waals surface area contributed by atoms with Crippen LogP contribution in [0.2, 0.25) is 4.34 Å². The van der Waals surface area contributed by atoms with Crippen LogP contribution in [0.5, 0.6) is 0 Å². The zero-order chi connectivity index (χ0) is 12.0. The number of ketones is 1. The normalized spacial score (nSPS) is 10.7. The van der Waals surface area contributed by atoms with Gasteiger partial charge in [-0.25, -0.2) is 0 Å². The van der Waals surface area contributed by atoms with Crippen molar-refractivity contribution in [2.75, 3.05) is 0 Å². The van der Waals surface area contributed by atoms with E-state index in [2.05, 4.69) is 22.9 Å². The summed E-state index contributed by atoms with van der Waals surface area (Å²) < 4.78 is 1.49. The predicted molar refractivity (Wildman–Crippen MR) is 74.7 cm³/mol. The van der Waals surface area contributed by atoms with Gasteiger partial charge in [-0.2, -0.15) is 0 Å². The van der Waals surface area contributed by atoms with Gasteiger partial charge in [0.05, 0.1) is 4.88 Å². The van der Waals surface area contributed by atoms with Crippen LogP contribution in [0.15, 0.2) is 10.5 Å². The van der Waals surface area contributed by atoms with Gasteiger partial charge in [-0.05, 0) is 28.4 Å². The molecule has 1 aromatic rings. The van der Waals surface area contributed by atoms with E-state index in [0.717, 1.165) is 22.2 Å². The summed E-state index contributed by atoms with van der Waals surface area (Å²) in [6.45, 7) is 2.19. The molecular weight excluding hydrogens is 308 g/mol. The highest BCUT2D eigenvalue weighted by Crippen LogP contribution is 2.32. The fourth-order valence-electron chi connectivity index (χ4n) is 1.50. The van der Waals surface area contributed by atoms with Crippen LogP contribution in [-0.2, 0) is 0 Å². The van der Waals surface area contributed by atoms with Gasteiger partial charge in [0.1, 0.15) is 4.34 Å². The second kappa shape index (κ2) is 7.46. The molecular formula is C12H16BrClOS. The van der Waals surface area contributed by atoms with Gasteiger partial charge in [0, 0.05) is 10.9 Å². The van der Waals surface area contributed by atoms with Crippen molar-refractivity contribution < 1.29 is 4.79 Å². The Kier molecular flexibility index (Phi) is 6.62. The average molecular weight is 324 g/mol. The van der Waals surface area contributed by atoms with E-state index >= 15 is 0 Å². The van der Waals surface area contributed by atoms with Gasteiger partial charge >= 0.3 is 0 Å². The van der Waals surface area contributed by atoms with Crippen molar-refractivity contribution in [3.05, 3.63) is 19.8 Å². The van der Waals surface area contributed by atoms with E-state index in [1.807, 2.05) is 6.07 Å². The molecule has 0 spiro atoms. The van der Waals surface area contributed by atoms with Crippen LogP contribution in [0.3, 0.4) is 0 Å². The molecule has 0 bridgehead atoms. The molecule has 0 atom stereocenters. The molecule has 4 heteroatoms. The van der Waals surface area contributed by atoms with Gasteiger partial charge in [0.15, 0.2) is 5.78 Å². The molecule has 0 fully saturated rings. The summed E-state index contributed by atoms with van der Waals surface area (Å²) in [6.07, 6.45) is 6.53. The van der Waals surface area contributed by atoms with Crippen LogP contribution in [-0.4, -0.2) is 5.78 Å². The minimum Gasteiger partial charge on any atom is -0.293 e. The van der Waals surface area contributed by atoms with E-state index in [-0.39, 0.29) is 5.78 Å². The highest BCUT2D eigenvalue weighted by atomic mass is 79.9. The Bertz CT molecular complexity index is 329. The number of Topliss-reactive ketones (excluding diaryl/α,β-unsaturated/α-hetero) is 1. The lowest BCUT2D eigenvalue weighted by molar-refractivity contribution is 0.0983. The summed E-state index contributed by atoms with van der Waals surface area (Å²) in [5, 5.41) is 0. The van der Waals surface area contributed by atoms with Crippen LogP contribution < -0.4 is 0 Å². The number of hydrogen-bond donors (Lipinski definition) is 0. The van der Waals surface area contributed by atoms with Crippen LogP contribution >= 0.6 is 38.9 Å². The molecule has 0 unspecified atom stereocenters. The maximum atomic E-state index is 11.8. The lowest BCUT2D eigenvalue weighted by atomic mass is 10.1. The van der Waals surface area contributed by atoms with Crippen molar-refractivity contribution in [2.24, 2.45) is 0 Å². The fraction of sp³-hybridized carbons (Fsp3) is 0.583. The third-order valence-corrected chi connectivity index (χ3v) is 4.94. The van der Waals surface area contributed by atoms with Crippen molar-refractivity contribution in [3.8, 4) is 0 Å². The van der Waals surface area contributed by atoms with Crippen LogP contribution in [0, 0.1) is 0 Å². The molecule has 1 heterocycles. The monoisotopic (exact) mass is 322 g/mol. The van der Waals surface area contributed by atoms with Crippen LogP contribution in [0.4, 0.5) is 0 Å². The maximum absolute atomic E-state index is 11.8. The Morgan fingerprint density at radius 3 is 2.62 bits per heavy atom. The van der Waals surface area contributed by atoms with Gasteiger partial charge in [-0.3, -0.25) is 4.79 Å². The summed E-state index contributed by atoms with van der Waals surface area (Å²) in [5.74, 6) is 0.217. The van der Waals surface area contributed by atoms with Crippen molar-refractivity contribution >= 4 is 44.7 Å². The second-order valence-electron chi connectivity index (χ2n) is 3.82. The topological polar surface area (TPSA) is 17.1 Å². The minimum atomic E-state index is 0.217. The molecule has 0 aromatic carbocycles. The highest BCUT2D eigenvalue weighted by Gasteiger charge is 2.11. The van der Waals surface area contributed by atoms with Crippen molar-refractivity contribution in [2.45, 2.75) is 45.4 Å². The molecule has 0 N–H and O–H groups in total. The molecule has 90 valence electrons. The molecule has 1 rings (SSSR count). The molecule has 16 heavy (non-hydrogen) atoms. The summed E-state index contributed by atoms with van der Waals surface area (Å²) >= 11 is 10.6. The van der Waals surface area contributed by atoms with Gasteiger partial charge in [0.25, 0.3) is 0 Å². The predicted octanol–water partition coefficient (Wildman–Crippen LogP) is 5.71. The smallest absolute Gasteiger partial charge is 0.172 e. The Labute approximate surface area is 114 Å². The molecule has 0 aliphatic heterocycles. The fourth-order valence-corrected chi connectivity index (χ4v) is 3.17. The first-order valence-corrected chi connectivity index (χ1v) is 7.62. The first-order valence-electron chi connectivity index (χ1n) is 5.63.